The molecule has 60 valence electrons. The van der Waals surface area contributed by atoms with E-state index in [1.807, 2.05) is 6.07 Å². The van der Waals surface area contributed by atoms with Crippen molar-refractivity contribution in [2.24, 2.45) is 7.05 Å². The molecule has 0 radical (unpaired) electrons. The summed E-state index contributed by atoms with van der Waals surface area (Å²) in [5, 5.41) is 0. The predicted octanol–water partition coefficient (Wildman–Crippen LogP) is 0.904. The maximum Gasteiger partial charge on any atom is 0.347 e. The van der Waals surface area contributed by atoms with Gasteiger partial charge >= 0.3 is 5.69 Å². The van der Waals surface area contributed by atoms with Crippen LogP contribution in [0.2, 0.25) is 0 Å². The minimum absolute atomic E-state index is 0.184. The van der Waals surface area contributed by atoms with E-state index in [1.54, 1.807) is 17.8 Å². The van der Waals surface area contributed by atoms with E-state index < -0.39 is 0 Å². The first-order valence-electron chi connectivity index (χ1n) is 3.65. The lowest BCUT2D eigenvalue weighted by Gasteiger charge is -2.08. The minimum atomic E-state index is -0.184. The highest BCUT2D eigenvalue weighted by molar-refractivity contribution is 5.04. The number of hydrogen-bond acceptors (Lipinski definition) is 2. The Morgan fingerprint density at radius 3 is 2.64 bits per heavy atom. The normalized spacial score (nSPS) is 10.5. The number of rotatable bonds is 1. The molecule has 1 aromatic heterocycles. The maximum absolute atomic E-state index is 11.0. The summed E-state index contributed by atoms with van der Waals surface area (Å²) in [7, 11) is 1.74. The van der Waals surface area contributed by atoms with Crippen molar-refractivity contribution < 1.29 is 0 Å². The Morgan fingerprint density at radius 1 is 1.55 bits per heavy atom. The second-order valence-corrected chi connectivity index (χ2v) is 2.87. The monoisotopic (exact) mass is 152 g/mol. The van der Waals surface area contributed by atoms with E-state index in [2.05, 4.69) is 18.8 Å². The molecule has 0 spiro atoms. The Bertz CT molecular complexity index is 301. The largest absolute Gasteiger partial charge is 0.347 e. The van der Waals surface area contributed by atoms with E-state index in [0.717, 1.165) is 5.69 Å². The third kappa shape index (κ3) is 1.48. The van der Waals surface area contributed by atoms with Gasteiger partial charge in [-0.3, -0.25) is 4.57 Å². The zero-order chi connectivity index (χ0) is 8.43. The zero-order valence-corrected chi connectivity index (χ0v) is 7.03. The fourth-order valence-electron chi connectivity index (χ4n) is 1.07. The van der Waals surface area contributed by atoms with Gasteiger partial charge in [0.15, 0.2) is 0 Å². The summed E-state index contributed by atoms with van der Waals surface area (Å²) in [6.07, 6.45) is 1.55. The Balaban J connectivity index is 3.28. The zero-order valence-electron chi connectivity index (χ0n) is 7.03. The molecule has 3 heteroatoms. The first kappa shape index (κ1) is 7.98. The molecule has 0 aliphatic carbocycles. The first-order chi connectivity index (χ1) is 5.13. The van der Waals surface area contributed by atoms with Crippen LogP contribution in [-0.2, 0) is 7.05 Å². The molecule has 1 aromatic rings. The molecule has 0 N–H and O–H groups in total. The summed E-state index contributed by atoms with van der Waals surface area (Å²) in [4.78, 5) is 14.6. The molecular weight excluding hydrogens is 140 g/mol. The van der Waals surface area contributed by atoms with Crippen LogP contribution in [0.5, 0.6) is 0 Å². The molecule has 0 saturated heterocycles. The van der Waals surface area contributed by atoms with Gasteiger partial charge in [-0.05, 0) is 12.0 Å². The highest BCUT2D eigenvalue weighted by Crippen LogP contribution is 2.09. The van der Waals surface area contributed by atoms with Crippen molar-refractivity contribution in [3.8, 4) is 0 Å². The van der Waals surface area contributed by atoms with Crippen molar-refractivity contribution >= 4 is 0 Å². The number of hydrogen-bond donors (Lipinski definition) is 0. The van der Waals surface area contributed by atoms with Crippen molar-refractivity contribution in [2.75, 3.05) is 0 Å². The molecule has 0 aliphatic rings. The lowest BCUT2D eigenvalue weighted by atomic mass is 10.1. The topological polar surface area (TPSA) is 34.9 Å². The molecule has 0 unspecified atom stereocenters. The van der Waals surface area contributed by atoms with Gasteiger partial charge in [0.2, 0.25) is 0 Å². The van der Waals surface area contributed by atoms with Gasteiger partial charge in [-0.1, -0.05) is 13.8 Å². The molecule has 0 aliphatic heterocycles. The van der Waals surface area contributed by atoms with E-state index >= 15 is 0 Å². The Kier molecular flexibility index (Phi) is 2.08. The van der Waals surface area contributed by atoms with Crippen molar-refractivity contribution in [2.45, 2.75) is 19.8 Å². The molecule has 0 fully saturated rings. The molecule has 0 bridgehead atoms. The van der Waals surface area contributed by atoms with Crippen LogP contribution >= 0.6 is 0 Å². The van der Waals surface area contributed by atoms with E-state index in [-0.39, 0.29) is 5.69 Å². The van der Waals surface area contributed by atoms with Gasteiger partial charge in [0.1, 0.15) is 0 Å². The number of aromatic nitrogens is 2. The van der Waals surface area contributed by atoms with Gasteiger partial charge in [-0.2, -0.15) is 0 Å². The second-order valence-electron chi connectivity index (χ2n) is 2.87. The van der Waals surface area contributed by atoms with Gasteiger partial charge in [-0.15, -0.1) is 0 Å². The summed E-state index contributed by atoms with van der Waals surface area (Å²) in [6, 6.07) is 1.87. The summed E-state index contributed by atoms with van der Waals surface area (Å²) >= 11 is 0. The smallest absolute Gasteiger partial charge is 0.299 e. The average molecular weight is 152 g/mol. The van der Waals surface area contributed by atoms with Crippen molar-refractivity contribution in [1.29, 1.82) is 0 Å². The van der Waals surface area contributed by atoms with Crippen LogP contribution in [0, 0.1) is 0 Å². The van der Waals surface area contributed by atoms with Gasteiger partial charge in [0.05, 0.1) is 0 Å². The highest BCUT2D eigenvalue weighted by atomic mass is 16.1. The fraction of sp³-hybridized carbons (Fsp3) is 0.500. The minimum Gasteiger partial charge on any atom is -0.299 e. The molecule has 11 heavy (non-hydrogen) atoms. The summed E-state index contributed by atoms with van der Waals surface area (Å²) in [6.45, 7) is 4.10. The number of nitrogens with zero attached hydrogens (tertiary/aromatic N) is 2. The molecule has 1 rings (SSSR count). The Labute approximate surface area is 65.7 Å². The van der Waals surface area contributed by atoms with E-state index in [9.17, 15) is 4.79 Å². The van der Waals surface area contributed by atoms with Crippen LogP contribution in [-0.4, -0.2) is 9.55 Å². The average Bonchev–Trinajstić information content (AvgIpc) is 1.94. The molecule has 0 atom stereocenters. The van der Waals surface area contributed by atoms with Crippen LogP contribution in [0.25, 0.3) is 0 Å². The van der Waals surface area contributed by atoms with Crippen LogP contribution in [0.1, 0.15) is 25.5 Å². The standard InChI is InChI=1S/C8H12N2O/c1-6(2)7-4-5-9-8(11)10(7)3/h4-6H,1-3H3. The second kappa shape index (κ2) is 2.86. The van der Waals surface area contributed by atoms with Crippen molar-refractivity contribution in [3.05, 3.63) is 28.4 Å². The first-order valence-corrected chi connectivity index (χ1v) is 3.65. The van der Waals surface area contributed by atoms with Crippen LogP contribution in [0.4, 0.5) is 0 Å². The van der Waals surface area contributed by atoms with Gasteiger partial charge in [0.25, 0.3) is 0 Å². The molecule has 3 nitrogen and oxygen atoms in total. The SMILES string of the molecule is CC(C)c1ccnc(=O)n1C. The fourth-order valence-corrected chi connectivity index (χ4v) is 1.07. The maximum atomic E-state index is 11.0. The third-order valence-corrected chi connectivity index (χ3v) is 1.70. The van der Waals surface area contributed by atoms with Gasteiger partial charge < -0.3 is 0 Å². The lowest BCUT2D eigenvalue weighted by molar-refractivity contribution is 0.685. The third-order valence-electron chi connectivity index (χ3n) is 1.70. The quantitative estimate of drug-likeness (QED) is 0.599. The van der Waals surface area contributed by atoms with E-state index in [1.165, 1.54) is 0 Å². The van der Waals surface area contributed by atoms with Crippen LogP contribution in [0.3, 0.4) is 0 Å². The van der Waals surface area contributed by atoms with Gasteiger partial charge in [-0.25, -0.2) is 9.78 Å². The molecule has 0 amide bonds. The molecule has 1 heterocycles. The molecular formula is C8H12N2O. The summed E-state index contributed by atoms with van der Waals surface area (Å²) < 4.78 is 1.57. The van der Waals surface area contributed by atoms with Crippen LogP contribution in [0.15, 0.2) is 17.1 Å². The van der Waals surface area contributed by atoms with Crippen molar-refractivity contribution in [1.82, 2.24) is 9.55 Å². The highest BCUT2D eigenvalue weighted by Gasteiger charge is 2.02. The molecule has 0 aromatic carbocycles. The molecule has 0 saturated carbocycles. The Hall–Kier alpha value is -1.12. The van der Waals surface area contributed by atoms with Crippen molar-refractivity contribution in [3.63, 3.8) is 0 Å². The lowest BCUT2D eigenvalue weighted by Crippen LogP contribution is -2.22. The Morgan fingerprint density at radius 2 is 2.18 bits per heavy atom. The van der Waals surface area contributed by atoms with Gasteiger partial charge in [0, 0.05) is 18.9 Å². The summed E-state index contributed by atoms with van der Waals surface area (Å²) in [5.74, 6) is 0.371. The predicted molar refractivity (Wildman–Crippen MR) is 43.6 cm³/mol. The van der Waals surface area contributed by atoms with E-state index in [4.69, 9.17) is 0 Å². The van der Waals surface area contributed by atoms with Crippen LogP contribution < -0.4 is 5.69 Å². The summed E-state index contributed by atoms with van der Waals surface area (Å²) in [5.41, 5.74) is 0.834. The van der Waals surface area contributed by atoms with E-state index in [0.29, 0.717) is 5.92 Å².